The zero-order valence-electron chi connectivity index (χ0n) is 17.8. The van der Waals surface area contributed by atoms with Gasteiger partial charge in [-0.3, -0.25) is 0 Å². The van der Waals surface area contributed by atoms with Gasteiger partial charge in [0.15, 0.2) is 12.6 Å². The van der Waals surface area contributed by atoms with Gasteiger partial charge < -0.3 is 79.9 Å². The van der Waals surface area contributed by atoms with E-state index in [0.29, 0.717) is 0 Å². The molecule has 3 heterocycles. The van der Waals surface area contributed by atoms with E-state index in [1.54, 1.807) is 0 Å². The van der Waals surface area contributed by atoms with Crippen molar-refractivity contribution < 1.29 is 79.9 Å². The molecule has 0 aliphatic carbocycles. The van der Waals surface area contributed by atoms with E-state index in [0.717, 1.165) is 0 Å². The standard InChI is InChI=1S/C18H32O16/c19-1-5-8(22)11(25)13(27)16(31-5)30-3-7-9(23)12(26)14(28)17(32-7)34-18(4-21)15(29)10(24)6(2-20)33-18/h5-17,19-29H,1-4H2/t5-,6+,7-,8-,9-,10-,11+,12+,13-,14-,15+,16-,17-,18-/m0/s1. The van der Waals surface area contributed by atoms with Crippen LogP contribution < -0.4 is 0 Å². The molecule has 0 aromatic rings. The molecule has 0 spiro atoms. The molecule has 16 nitrogen and oxygen atoms in total. The first kappa shape index (κ1) is 27.9. The maximum Gasteiger partial charge on any atom is 0.224 e. The minimum Gasteiger partial charge on any atom is -0.394 e. The summed E-state index contributed by atoms with van der Waals surface area (Å²) < 4.78 is 26.4. The SMILES string of the molecule is OC[C@@H]1O[C@H](OC[C@@H]2O[C@@H](O[C@]3(CO)O[C@H](CO)[C@H](O)[C@H]3O)[C@@H](O)[C@H](O)[C@H]2O)[C@@H](O)[C@H](O)[C@H]1O. The van der Waals surface area contributed by atoms with Crippen molar-refractivity contribution in [3.63, 3.8) is 0 Å². The molecule has 0 amide bonds. The van der Waals surface area contributed by atoms with Crippen LogP contribution in [0.15, 0.2) is 0 Å². The lowest BCUT2D eigenvalue weighted by Gasteiger charge is -2.44. The summed E-state index contributed by atoms with van der Waals surface area (Å²) in [6, 6.07) is 0. The van der Waals surface area contributed by atoms with Gasteiger partial charge in [-0.05, 0) is 0 Å². The summed E-state index contributed by atoms with van der Waals surface area (Å²) in [7, 11) is 0. The topological polar surface area (TPSA) is 269 Å². The Kier molecular flexibility index (Phi) is 9.18. The molecule has 200 valence electrons. The predicted octanol–water partition coefficient (Wildman–Crippen LogP) is -7.57. The lowest BCUT2D eigenvalue weighted by Crippen LogP contribution is -2.63. The van der Waals surface area contributed by atoms with Gasteiger partial charge in [0, 0.05) is 0 Å². The Labute approximate surface area is 192 Å². The number of hydrogen-bond donors (Lipinski definition) is 11. The summed E-state index contributed by atoms with van der Waals surface area (Å²) in [5.74, 6) is -2.36. The quantitative estimate of drug-likeness (QED) is 0.146. The van der Waals surface area contributed by atoms with E-state index in [2.05, 4.69) is 0 Å². The van der Waals surface area contributed by atoms with Crippen molar-refractivity contribution >= 4 is 0 Å². The second kappa shape index (κ2) is 11.2. The van der Waals surface area contributed by atoms with Gasteiger partial charge in [0.1, 0.15) is 73.8 Å². The van der Waals surface area contributed by atoms with Crippen molar-refractivity contribution in [3.8, 4) is 0 Å². The van der Waals surface area contributed by atoms with Crippen LogP contribution in [0.5, 0.6) is 0 Å². The van der Waals surface area contributed by atoms with Crippen molar-refractivity contribution in [1.29, 1.82) is 0 Å². The molecule has 0 unspecified atom stereocenters. The third kappa shape index (κ3) is 5.09. The normalized spacial score (nSPS) is 52.1. The number of rotatable bonds is 8. The van der Waals surface area contributed by atoms with E-state index in [9.17, 15) is 56.2 Å². The Morgan fingerprint density at radius 2 is 1.12 bits per heavy atom. The third-order valence-corrected chi connectivity index (χ3v) is 6.16. The minimum atomic E-state index is -2.36. The van der Waals surface area contributed by atoms with Gasteiger partial charge in [0.05, 0.1) is 19.8 Å². The lowest BCUT2D eigenvalue weighted by atomic mass is 9.98. The van der Waals surface area contributed by atoms with Crippen LogP contribution in [0.3, 0.4) is 0 Å². The highest BCUT2D eigenvalue weighted by Crippen LogP contribution is 2.36. The summed E-state index contributed by atoms with van der Waals surface area (Å²) in [5.41, 5.74) is 0. The number of aliphatic hydroxyl groups excluding tert-OH is 11. The van der Waals surface area contributed by atoms with Crippen molar-refractivity contribution in [2.75, 3.05) is 26.4 Å². The van der Waals surface area contributed by atoms with Crippen LogP contribution in [0.2, 0.25) is 0 Å². The average molecular weight is 504 g/mol. The first-order valence-electron chi connectivity index (χ1n) is 10.6. The molecule has 0 aromatic heterocycles. The predicted molar refractivity (Wildman–Crippen MR) is 101 cm³/mol. The van der Waals surface area contributed by atoms with Crippen LogP contribution in [-0.4, -0.2) is 168 Å². The summed E-state index contributed by atoms with van der Waals surface area (Å²) in [4.78, 5) is 0. The second-order valence-electron chi connectivity index (χ2n) is 8.41. The van der Waals surface area contributed by atoms with Gasteiger partial charge in [-0.25, -0.2) is 0 Å². The molecule has 3 aliphatic rings. The van der Waals surface area contributed by atoms with Crippen LogP contribution in [0, 0.1) is 0 Å². The van der Waals surface area contributed by atoms with Gasteiger partial charge >= 0.3 is 0 Å². The molecule has 3 rings (SSSR count). The first-order valence-corrected chi connectivity index (χ1v) is 10.6. The number of hydrogen-bond acceptors (Lipinski definition) is 16. The van der Waals surface area contributed by atoms with Crippen LogP contribution >= 0.6 is 0 Å². The maximum atomic E-state index is 10.3. The Morgan fingerprint density at radius 3 is 1.65 bits per heavy atom. The fourth-order valence-electron chi connectivity index (χ4n) is 4.01. The third-order valence-electron chi connectivity index (χ3n) is 6.16. The van der Waals surface area contributed by atoms with Crippen molar-refractivity contribution in [2.24, 2.45) is 0 Å². The van der Waals surface area contributed by atoms with Crippen molar-refractivity contribution in [3.05, 3.63) is 0 Å². The average Bonchev–Trinajstić information content (AvgIpc) is 3.08. The fourth-order valence-corrected chi connectivity index (χ4v) is 4.01. The zero-order valence-corrected chi connectivity index (χ0v) is 17.8. The highest BCUT2D eigenvalue weighted by atomic mass is 16.8. The van der Waals surface area contributed by atoms with Gasteiger partial charge in [-0.2, -0.15) is 0 Å². The second-order valence-corrected chi connectivity index (χ2v) is 8.41. The summed E-state index contributed by atoms with van der Waals surface area (Å²) in [6.07, 6.45) is -21.8. The van der Waals surface area contributed by atoms with Crippen molar-refractivity contribution in [1.82, 2.24) is 0 Å². The fraction of sp³-hybridized carbons (Fsp3) is 1.00. The van der Waals surface area contributed by atoms with E-state index in [4.69, 9.17) is 23.7 Å². The molecular weight excluding hydrogens is 472 g/mol. The van der Waals surface area contributed by atoms with Crippen LogP contribution in [0.4, 0.5) is 0 Å². The maximum absolute atomic E-state index is 10.3. The molecule has 34 heavy (non-hydrogen) atoms. The molecule has 3 saturated heterocycles. The summed E-state index contributed by atoms with van der Waals surface area (Å²) >= 11 is 0. The molecule has 0 saturated carbocycles. The van der Waals surface area contributed by atoms with Crippen LogP contribution in [0.1, 0.15) is 0 Å². The lowest BCUT2D eigenvalue weighted by molar-refractivity contribution is -0.388. The van der Waals surface area contributed by atoms with Gasteiger partial charge in [0.25, 0.3) is 0 Å². The Hall–Kier alpha value is -0.640. The summed E-state index contributed by atoms with van der Waals surface area (Å²) in [5, 5.41) is 109. The van der Waals surface area contributed by atoms with E-state index in [1.807, 2.05) is 0 Å². The highest BCUT2D eigenvalue weighted by molar-refractivity contribution is 4.98. The number of ether oxygens (including phenoxy) is 5. The molecule has 14 atom stereocenters. The monoisotopic (exact) mass is 504 g/mol. The molecular formula is C18H32O16. The van der Waals surface area contributed by atoms with Crippen molar-refractivity contribution in [2.45, 2.75) is 85.5 Å². The van der Waals surface area contributed by atoms with E-state index >= 15 is 0 Å². The molecule has 0 aromatic carbocycles. The van der Waals surface area contributed by atoms with Gasteiger partial charge in [-0.15, -0.1) is 0 Å². The van der Waals surface area contributed by atoms with E-state index < -0.39 is 112 Å². The number of aliphatic hydroxyl groups is 11. The Balaban J connectivity index is 1.69. The molecule has 16 heteroatoms. The molecule has 0 radical (unpaired) electrons. The zero-order chi connectivity index (χ0) is 25.4. The molecule has 11 N–H and O–H groups in total. The van der Waals surface area contributed by atoms with Crippen LogP contribution in [0.25, 0.3) is 0 Å². The minimum absolute atomic E-state index is 0.634. The van der Waals surface area contributed by atoms with Gasteiger partial charge in [0.2, 0.25) is 5.79 Å². The molecule has 3 fully saturated rings. The van der Waals surface area contributed by atoms with Gasteiger partial charge in [-0.1, -0.05) is 0 Å². The molecule has 3 aliphatic heterocycles. The van der Waals surface area contributed by atoms with E-state index in [-0.39, 0.29) is 0 Å². The first-order chi connectivity index (χ1) is 16.0. The highest BCUT2D eigenvalue weighted by Gasteiger charge is 2.58. The Bertz CT molecular complexity index is 653. The largest absolute Gasteiger partial charge is 0.394 e. The smallest absolute Gasteiger partial charge is 0.224 e. The Morgan fingerprint density at radius 1 is 0.588 bits per heavy atom. The van der Waals surface area contributed by atoms with E-state index in [1.165, 1.54) is 0 Å². The molecule has 0 bridgehead atoms. The summed E-state index contributed by atoms with van der Waals surface area (Å²) in [6.45, 7) is -3.14. The van der Waals surface area contributed by atoms with Crippen LogP contribution in [-0.2, 0) is 23.7 Å².